The fourth-order valence-corrected chi connectivity index (χ4v) is 1.34. The van der Waals surface area contributed by atoms with Crippen LogP contribution in [0.5, 0.6) is 0 Å². The molecule has 1 aromatic heterocycles. The molecule has 1 rings (SSSR count). The van der Waals surface area contributed by atoms with E-state index in [4.69, 9.17) is 9.52 Å². The number of amides is 1. The second-order valence-corrected chi connectivity index (χ2v) is 3.38. The first-order valence-corrected chi connectivity index (χ1v) is 4.56. The SMILES string of the molecule is CC(=O)NCc1oc(Br)cc1C(=O)O. The quantitative estimate of drug-likeness (QED) is 0.862. The van der Waals surface area contributed by atoms with Crippen LogP contribution < -0.4 is 5.32 Å². The largest absolute Gasteiger partial charge is 0.478 e. The molecule has 0 saturated carbocycles. The molecule has 1 heterocycles. The third-order valence-electron chi connectivity index (χ3n) is 1.51. The molecule has 0 bridgehead atoms. The monoisotopic (exact) mass is 261 g/mol. The Morgan fingerprint density at radius 1 is 1.64 bits per heavy atom. The van der Waals surface area contributed by atoms with Gasteiger partial charge in [-0.3, -0.25) is 4.79 Å². The van der Waals surface area contributed by atoms with Crippen molar-refractivity contribution in [2.45, 2.75) is 13.5 Å². The van der Waals surface area contributed by atoms with Crippen molar-refractivity contribution in [3.8, 4) is 0 Å². The Morgan fingerprint density at radius 3 is 2.79 bits per heavy atom. The van der Waals surface area contributed by atoms with Gasteiger partial charge in [-0.05, 0) is 15.9 Å². The topological polar surface area (TPSA) is 79.5 Å². The molecule has 0 unspecified atom stereocenters. The van der Waals surface area contributed by atoms with E-state index in [1.807, 2.05) is 0 Å². The Morgan fingerprint density at radius 2 is 2.29 bits per heavy atom. The van der Waals surface area contributed by atoms with Crippen LogP contribution in [-0.2, 0) is 11.3 Å². The maximum absolute atomic E-state index is 10.7. The van der Waals surface area contributed by atoms with E-state index in [-0.39, 0.29) is 23.8 Å². The first-order chi connectivity index (χ1) is 6.50. The Bertz CT molecular complexity index is 371. The normalized spacial score (nSPS) is 9.86. The molecule has 14 heavy (non-hydrogen) atoms. The molecule has 0 spiro atoms. The summed E-state index contributed by atoms with van der Waals surface area (Å²) in [5.41, 5.74) is 0.0469. The number of aromatic carboxylic acids is 1. The van der Waals surface area contributed by atoms with Crippen LogP contribution in [0.2, 0.25) is 0 Å². The number of rotatable bonds is 3. The minimum Gasteiger partial charge on any atom is -0.478 e. The van der Waals surface area contributed by atoms with Gasteiger partial charge in [0.05, 0.1) is 6.54 Å². The van der Waals surface area contributed by atoms with E-state index in [1.54, 1.807) is 0 Å². The van der Waals surface area contributed by atoms with Crippen molar-refractivity contribution >= 4 is 27.8 Å². The lowest BCUT2D eigenvalue weighted by atomic mass is 10.2. The van der Waals surface area contributed by atoms with Crippen LogP contribution in [0.25, 0.3) is 0 Å². The van der Waals surface area contributed by atoms with Gasteiger partial charge in [0, 0.05) is 13.0 Å². The van der Waals surface area contributed by atoms with Crippen LogP contribution in [0.3, 0.4) is 0 Å². The molecule has 6 heteroatoms. The average Bonchev–Trinajstić information content (AvgIpc) is 2.43. The van der Waals surface area contributed by atoms with E-state index in [0.29, 0.717) is 4.67 Å². The van der Waals surface area contributed by atoms with Gasteiger partial charge < -0.3 is 14.8 Å². The standard InChI is InChI=1S/C8H8BrNO4/c1-4(11)10-3-6-5(8(12)13)2-7(9)14-6/h2H,3H2,1H3,(H,10,11)(H,12,13). The Hall–Kier alpha value is -1.30. The van der Waals surface area contributed by atoms with E-state index in [1.165, 1.54) is 13.0 Å². The summed E-state index contributed by atoms with van der Waals surface area (Å²) in [5, 5.41) is 11.2. The molecular weight excluding hydrogens is 254 g/mol. The molecule has 0 saturated heterocycles. The third-order valence-corrected chi connectivity index (χ3v) is 1.90. The molecule has 0 atom stereocenters. The summed E-state index contributed by atoms with van der Waals surface area (Å²) in [7, 11) is 0. The maximum atomic E-state index is 10.7. The zero-order valence-electron chi connectivity index (χ0n) is 7.33. The molecular formula is C8H8BrNO4. The highest BCUT2D eigenvalue weighted by molar-refractivity contribution is 9.10. The molecule has 0 radical (unpaired) electrons. The minimum absolute atomic E-state index is 0.0469. The highest BCUT2D eigenvalue weighted by Crippen LogP contribution is 2.20. The van der Waals surface area contributed by atoms with E-state index in [0.717, 1.165) is 0 Å². The molecule has 1 aromatic rings. The van der Waals surface area contributed by atoms with Crippen LogP contribution in [0.15, 0.2) is 15.2 Å². The third kappa shape index (κ3) is 2.59. The van der Waals surface area contributed by atoms with Gasteiger partial charge in [-0.2, -0.15) is 0 Å². The number of nitrogens with one attached hydrogen (secondary N) is 1. The van der Waals surface area contributed by atoms with Gasteiger partial charge in [-0.1, -0.05) is 0 Å². The lowest BCUT2D eigenvalue weighted by molar-refractivity contribution is -0.119. The zero-order chi connectivity index (χ0) is 10.7. The van der Waals surface area contributed by atoms with E-state index < -0.39 is 5.97 Å². The first-order valence-electron chi connectivity index (χ1n) is 3.76. The van der Waals surface area contributed by atoms with E-state index >= 15 is 0 Å². The Balaban J connectivity index is 2.84. The second kappa shape index (κ2) is 4.28. The smallest absolute Gasteiger partial charge is 0.339 e. The number of hydrogen-bond acceptors (Lipinski definition) is 3. The highest BCUT2D eigenvalue weighted by atomic mass is 79.9. The predicted octanol–water partition coefficient (Wildman–Crippen LogP) is 1.38. The number of carbonyl (C=O) groups is 2. The average molecular weight is 262 g/mol. The molecule has 5 nitrogen and oxygen atoms in total. The van der Waals surface area contributed by atoms with Crippen LogP contribution in [0.1, 0.15) is 23.0 Å². The second-order valence-electron chi connectivity index (χ2n) is 2.60. The van der Waals surface area contributed by atoms with Crippen molar-refractivity contribution in [3.05, 3.63) is 22.1 Å². The van der Waals surface area contributed by atoms with E-state index in [9.17, 15) is 9.59 Å². The van der Waals surface area contributed by atoms with Gasteiger partial charge in [0.25, 0.3) is 0 Å². The van der Waals surface area contributed by atoms with Gasteiger partial charge in [-0.25, -0.2) is 4.79 Å². The Kier molecular flexibility index (Phi) is 3.29. The molecule has 0 fully saturated rings. The van der Waals surface area contributed by atoms with Crippen molar-refractivity contribution < 1.29 is 19.1 Å². The van der Waals surface area contributed by atoms with Crippen LogP contribution in [-0.4, -0.2) is 17.0 Å². The summed E-state index contributed by atoms with van der Waals surface area (Å²) >= 11 is 3.02. The van der Waals surface area contributed by atoms with Crippen LogP contribution in [0, 0.1) is 0 Å². The fraction of sp³-hybridized carbons (Fsp3) is 0.250. The van der Waals surface area contributed by atoms with Gasteiger partial charge in [-0.15, -0.1) is 0 Å². The number of hydrogen-bond donors (Lipinski definition) is 2. The summed E-state index contributed by atoms with van der Waals surface area (Å²) in [4.78, 5) is 21.3. The molecule has 0 aromatic carbocycles. The molecule has 0 aliphatic rings. The highest BCUT2D eigenvalue weighted by Gasteiger charge is 2.15. The van der Waals surface area contributed by atoms with Crippen molar-refractivity contribution in [2.75, 3.05) is 0 Å². The van der Waals surface area contributed by atoms with Gasteiger partial charge in [0.15, 0.2) is 4.67 Å². The molecule has 0 aliphatic heterocycles. The fourth-order valence-electron chi connectivity index (χ4n) is 0.913. The summed E-state index contributed by atoms with van der Waals surface area (Å²) in [6.45, 7) is 1.42. The summed E-state index contributed by atoms with van der Waals surface area (Å²) in [6, 6.07) is 1.35. The Labute approximate surface area is 88.2 Å². The van der Waals surface area contributed by atoms with Crippen molar-refractivity contribution in [2.24, 2.45) is 0 Å². The predicted molar refractivity (Wildman–Crippen MR) is 50.9 cm³/mol. The molecule has 1 amide bonds. The molecule has 76 valence electrons. The van der Waals surface area contributed by atoms with Crippen LogP contribution >= 0.6 is 15.9 Å². The molecule has 0 aliphatic carbocycles. The van der Waals surface area contributed by atoms with E-state index in [2.05, 4.69) is 21.2 Å². The number of carboxylic acid groups (broad SMARTS) is 1. The number of carboxylic acids is 1. The van der Waals surface area contributed by atoms with Gasteiger partial charge >= 0.3 is 5.97 Å². The first kappa shape index (κ1) is 10.8. The zero-order valence-corrected chi connectivity index (χ0v) is 8.92. The lowest BCUT2D eigenvalue weighted by Crippen LogP contribution is -2.19. The summed E-state index contributed by atoms with van der Waals surface area (Å²) in [5.74, 6) is -1.10. The maximum Gasteiger partial charge on any atom is 0.339 e. The minimum atomic E-state index is -1.08. The summed E-state index contributed by atoms with van der Waals surface area (Å²) in [6.07, 6.45) is 0. The van der Waals surface area contributed by atoms with Gasteiger partial charge in [0.2, 0.25) is 5.91 Å². The van der Waals surface area contributed by atoms with Crippen molar-refractivity contribution in [1.29, 1.82) is 0 Å². The summed E-state index contributed by atoms with van der Waals surface area (Å²) < 4.78 is 5.38. The number of carbonyl (C=O) groups excluding carboxylic acids is 1. The van der Waals surface area contributed by atoms with Gasteiger partial charge in [0.1, 0.15) is 11.3 Å². The van der Waals surface area contributed by atoms with Crippen LogP contribution in [0.4, 0.5) is 0 Å². The number of furan rings is 1. The van der Waals surface area contributed by atoms with Crippen molar-refractivity contribution in [1.82, 2.24) is 5.32 Å². The lowest BCUT2D eigenvalue weighted by Gasteiger charge is -1.99. The number of halogens is 1. The molecule has 2 N–H and O–H groups in total. The van der Waals surface area contributed by atoms with Crippen molar-refractivity contribution in [3.63, 3.8) is 0 Å².